The molecule has 0 aromatic carbocycles. The predicted octanol–water partition coefficient (Wildman–Crippen LogP) is 25.3. The normalized spacial score (nSPS) is 12.1. The zero-order valence-corrected chi connectivity index (χ0v) is 55.1. The Morgan fingerprint density at radius 3 is 0.679 bits per heavy atom. The van der Waals surface area contributed by atoms with Gasteiger partial charge in [-0.3, -0.25) is 14.4 Å². The molecule has 0 aromatic rings. The lowest BCUT2D eigenvalue weighted by Crippen LogP contribution is -2.30. The molecule has 0 saturated carbocycles. The molecule has 0 heterocycles. The zero-order chi connectivity index (χ0) is 58.5. The number of hydrogen-bond donors (Lipinski definition) is 0. The van der Waals surface area contributed by atoms with E-state index in [1.807, 2.05) is 0 Å². The largest absolute Gasteiger partial charge is 0.462 e. The molecule has 0 fully saturated rings. The molecule has 0 N–H and O–H groups in total. The minimum Gasteiger partial charge on any atom is -0.462 e. The molecular formula is C75H142O6. The van der Waals surface area contributed by atoms with Crippen molar-refractivity contribution in [2.24, 2.45) is 0 Å². The van der Waals surface area contributed by atoms with Crippen LogP contribution in [-0.2, 0) is 28.6 Å². The third-order valence-corrected chi connectivity index (χ3v) is 17.0. The first-order valence-electron chi connectivity index (χ1n) is 36.8. The van der Waals surface area contributed by atoms with Crippen LogP contribution in [0.3, 0.4) is 0 Å². The SMILES string of the molecule is CCCCCCC/C=C\C/C=C\CCCCCCCCCCCCCCCCCCCC(=O)OCC(COC(=O)CCCCCCCC)OC(=O)CCCCCCCCCCCCCCCCCCCCCCCCCCCCCC. The number of carbonyl (C=O) groups is 3. The van der Waals surface area contributed by atoms with E-state index in [4.69, 9.17) is 14.2 Å². The minimum absolute atomic E-state index is 0.0647. The van der Waals surface area contributed by atoms with Crippen LogP contribution in [0.1, 0.15) is 419 Å². The van der Waals surface area contributed by atoms with Crippen molar-refractivity contribution in [1.29, 1.82) is 0 Å². The van der Waals surface area contributed by atoms with Crippen LogP contribution >= 0.6 is 0 Å². The molecule has 0 aliphatic rings. The van der Waals surface area contributed by atoms with Gasteiger partial charge < -0.3 is 14.2 Å². The Hall–Kier alpha value is -2.11. The van der Waals surface area contributed by atoms with Crippen molar-refractivity contribution in [3.8, 4) is 0 Å². The lowest BCUT2D eigenvalue weighted by Gasteiger charge is -2.18. The molecule has 0 radical (unpaired) electrons. The molecule has 0 aliphatic carbocycles. The summed E-state index contributed by atoms with van der Waals surface area (Å²) in [5.41, 5.74) is 0. The van der Waals surface area contributed by atoms with E-state index >= 15 is 0 Å². The van der Waals surface area contributed by atoms with Crippen LogP contribution in [0.25, 0.3) is 0 Å². The van der Waals surface area contributed by atoms with Crippen molar-refractivity contribution in [3.63, 3.8) is 0 Å². The average molecular weight is 1140 g/mol. The standard InChI is InChI=1S/C75H142O6/c1-4-7-10-13-16-18-20-22-24-26-28-30-32-34-36-38-40-41-43-45-47-49-51-53-55-57-59-62-65-68-74(77)80-71-72(70-79-73(76)67-64-61-15-12-9-6-3)81-75(78)69-66-63-60-58-56-54-52-50-48-46-44-42-39-37-35-33-31-29-27-25-23-21-19-17-14-11-8-5-2/h20,22,26,28,72H,4-19,21,23-25,27,29-71H2,1-3H3/b22-20-,28-26-. The van der Waals surface area contributed by atoms with E-state index < -0.39 is 6.10 Å². The fraction of sp³-hybridized carbons (Fsp3) is 0.907. The summed E-state index contributed by atoms with van der Waals surface area (Å²) in [6.07, 6.45) is 87.0. The third-order valence-electron chi connectivity index (χ3n) is 17.0. The molecule has 1 atom stereocenters. The Morgan fingerprint density at radius 1 is 0.247 bits per heavy atom. The molecule has 0 spiro atoms. The molecule has 0 bridgehead atoms. The molecule has 81 heavy (non-hydrogen) atoms. The van der Waals surface area contributed by atoms with Gasteiger partial charge in [0.15, 0.2) is 6.10 Å². The van der Waals surface area contributed by atoms with Crippen LogP contribution in [0.2, 0.25) is 0 Å². The maximum atomic E-state index is 12.9. The van der Waals surface area contributed by atoms with Crippen molar-refractivity contribution in [2.75, 3.05) is 13.2 Å². The first-order chi connectivity index (χ1) is 40.0. The van der Waals surface area contributed by atoms with E-state index in [0.717, 1.165) is 64.2 Å². The van der Waals surface area contributed by atoms with Gasteiger partial charge in [0.25, 0.3) is 0 Å². The van der Waals surface area contributed by atoms with Gasteiger partial charge in [0.1, 0.15) is 13.2 Å². The van der Waals surface area contributed by atoms with Gasteiger partial charge in [-0.25, -0.2) is 0 Å². The second kappa shape index (κ2) is 70.4. The highest BCUT2D eigenvalue weighted by Gasteiger charge is 2.19. The Morgan fingerprint density at radius 2 is 0.444 bits per heavy atom. The van der Waals surface area contributed by atoms with E-state index in [-0.39, 0.29) is 31.1 Å². The van der Waals surface area contributed by atoms with Crippen LogP contribution in [-0.4, -0.2) is 37.2 Å². The number of allylic oxidation sites excluding steroid dienone is 4. The molecule has 0 rings (SSSR count). The molecule has 0 amide bonds. The van der Waals surface area contributed by atoms with E-state index in [2.05, 4.69) is 45.1 Å². The van der Waals surface area contributed by atoms with Gasteiger partial charge in [0.05, 0.1) is 0 Å². The summed E-state index contributed by atoms with van der Waals surface area (Å²) in [5, 5.41) is 0. The molecule has 478 valence electrons. The summed E-state index contributed by atoms with van der Waals surface area (Å²) >= 11 is 0. The van der Waals surface area contributed by atoms with Crippen molar-refractivity contribution in [1.82, 2.24) is 0 Å². The maximum absolute atomic E-state index is 12.9. The number of esters is 3. The number of carbonyl (C=O) groups excluding carboxylic acids is 3. The van der Waals surface area contributed by atoms with Crippen molar-refractivity contribution in [2.45, 2.75) is 425 Å². The highest BCUT2D eigenvalue weighted by atomic mass is 16.6. The monoisotopic (exact) mass is 1140 g/mol. The second-order valence-corrected chi connectivity index (χ2v) is 25.2. The van der Waals surface area contributed by atoms with E-state index in [1.165, 1.54) is 315 Å². The molecule has 6 nitrogen and oxygen atoms in total. The Labute approximate surface area is 506 Å². The first-order valence-corrected chi connectivity index (χ1v) is 36.8. The molecule has 6 heteroatoms. The van der Waals surface area contributed by atoms with Crippen molar-refractivity contribution >= 4 is 17.9 Å². The molecular weight excluding hydrogens is 997 g/mol. The summed E-state index contributed by atoms with van der Waals surface area (Å²) in [4.78, 5) is 38.1. The van der Waals surface area contributed by atoms with Crippen molar-refractivity contribution < 1.29 is 28.6 Å². The number of rotatable bonds is 69. The van der Waals surface area contributed by atoms with E-state index in [1.54, 1.807) is 0 Å². The summed E-state index contributed by atoms with van der Waals surface area (Å²) < 4.78 is 16.9. The number of ether oxygens (including phenoxy) is 3. The zero-order valence-electron chi connectivity index (χ0n) is 55.1. The molecule has 0 aliphatic heterocycles. The van der Waals surface area contributed by atoms with Gasteiger partial charge in [-0.15, -0.1) is 0 Å². The van der Waals surface area contributed by atoms with Gasteiger partial charge in [0.2, 0.25) is 0 Å². The predicted molar refractivity (Wildman–Crippen MR) is 353 cm³/mol. The fourth-order valence-corrected chi connectivity index (χ4v) is 11.4. The van der Waals surface area contributed by atoms with Crippen LogP contribution in [0, 0.1) is 0 Å². The van der Waals surface area contributed by atoms with Gasteiger partial charge in [-0.2, -0.15) is 0 Å². The van der Waals surface area contributed by atoms with Gasteiger partial charge in [-0.05, 0) is 51.4 Å². The smallest absolute Gasteiger partial charge is 0.306 e. The highest BCUT2D eigenvalue weighted by Crippen LogP contribution is 2.19. The average Bonchev–Trinajstić information content (AvgIpc) is 3.47. The third kappa shape index (κ3) is 68.6. The van der Waals surface area contributed by atoms with E-state index in [9.17, 15) is 14.4 Å². The van der Waals surface area contributed by atoms with Gasteiger partial charge >= 0.3 is 17.9 Å². The van der Waals surface area contributed by atoms with Gasteiger partial charge in [0, 0.05) is 19.3 Å². The highest BCUT2D eigenvalue weighted by molar-refractivity contribution is 5.71. The molecule has 0 aromatic heterocycles. The quantitative estimate of drug-likeness (QED) is 0.0261. The fourth-order valence-electron chi connectivity index (χ4n) is 11.4. The Kier molecular flexibility index (Phi) is 68.5. The van der Waals surface area contributed by atoms with E-state index in [0.29, 0.717) is 19.3 Å². The summed E-state index contributed by atoms with van der Waals surface area (Å²) in [6, 6.07) is 0. The summed E-state index contributed by atoms with van der Waals surface area (Å²) in [5.74, 6) is -0.843. The number of unbranched alkanes of at least 4 members (excludes halogenated alkanes) is 54. The topological polar surface area (TPSA) is 78.9 Å². The second-order valence-electron chi connectivity index (χ2n) is 25.2. The molecule has 0 saturated heterocycles. The summed E-state index contributed by atoms with van der Waals surface area (Å²) in [6.45, 7) is 6.65. The summed E-state index contributed by atoms with van der Waals surface area (Å²) in [7, 11) is 0. The maximum Gasteiger partial charge on any atom is 0.306 e. The van der Waals surface area contributed by atoms with Crippen LogP contribution in [0.15, 0.2) is 24.3 Å². The van der Waals surface area contributed by atoms with Crippen LogP contribution < -0.4 is 0 Å². The lowest BCUT2D eigenvalue weighted by atomic mass is 10.0. The van der Waals surface area contributed by atoms with Crippen LogP contribution in [0.5, 0.6) is 0 Å². The Balaban J connectivity index is 3.94. The lowest BCUT2D eigenvalue weighted by molar-refractivity contribution is -0.167. The van der Waals surface area contributed by atoms with Crippen molar-refractivity contribution in [3.05, 3.63) is 24.3 Å². The Bertz CT molecular complexity index is 1310. The first kappa shape index (κ1) is 78.9. The van der Waals surface area contributed by atoms with Gasteiger partial charge in [-0.1, -0.05) is 373 Å². The minimum atomic E-state index is -0.765. The molecule has 1 unspecified atom stereocenters. The van der Waals surface area contributed by atoms with Crippen LogP contribution in [0.4, 0.5) is 0 Å². The number of hydrogen-bond acceptors (Lipinski definition) is 6.